The van der Waals surface area contributed by atoms with Gasteiger partial charge in [0.1, 0.15) is 11.1 Å². The van der Waals surface area contributed by atoms with Gasteiger partial charge in [0.15, 0.2) is 0 Å². The Balaban J connectivity index is 1.39. The fraction of sp³-hybridized carbons (Fsp3) is 0.522. The highest BCUT2D eigenvalue weighted by Gasteiger charge is 2.46. The number of allylic oxidation sites excluding steroid dienone is 4. The maximum absolute atomic E-state index is 12.3. The van der Waals surface area contributed by atoms with Crippen LogP contribution in [0, 0.1) is 0 Å². The van der Waals surface area contributed by atoms with E-state index < -0.39 is 35.4 Å². The van der Waals surface area contributed by atoms with E-state index in [9.17, 15) is 19.5 Å². The summed E-state index contributed by atoms with van der Waals surface area (Å²) in [5.74, 6) is -4.68. The third kappa shape index (κ3) is 4.52. The van der Waals surface area contributed by atoms with Crippen LogP contribution in [0.2, 0.25) is 0 Å². The van der Waals surface area contributed by atoms with E-state index in [1.54, 1.807) is 0 Å². The molecule has 2 aliphatic carbocycles. The molecule has 2 heterocycles. The average Bonchev–Trinajstić information content (AvgIpc) is 2.72. The van der Waals surface area contributed by atoms with Crippen LogP contribution in [-0.2, 0) is 33.3 Å². The van der Waals surface area contributed by atoms with E-state index >= 15 is 0 Å². The molecule has 2 spiro atoms. The van der Waals surface area contributed by atoms with Crippen molar-refractivity contribution in [2.24, 2.45) is 0 Å². The SMILES string of the molecule is O=C1OC2(CCCCC2)OC(=O)C1=CC=CC=CC1=C(O)OC2(CCCCC2)OC1=O. The number of hydrogen-bond donors (Lipinski definition) is 1. The Morgan fingerprint density at radius 1 is 0.645 bits per heavy atom. The summed E-state index contributed by atoms with van der Waals surface area (Å²) >= 11 is 0. The number of hydrogen-bond acceptors (Lipinski definition) is 8. The maximum Gasteiger partial charge on any atom is 0.348 e. The number of aliphatic hydroxyl groups is 1. The van der Waals surface area contributed by atoms with Crippen molar-refractivity contribution in [3.63, 3.8) is 0 Å². The lowest BCUT2D eigenvalue weighted by Crippen LogP contribution is -2.47. The molecule has 8 heteroatoms. The predicted molar refractivity (Wildman–Crippen MR) is 107 cm³/mol. The molecule has 1 saturated heterocycles. The van der Waals surface area contributed by atoms with Crippen LogP contribution in [0.4, 0.5) is 0 Å². The zero-order valence-corrected chi connectivity index (χ0v) is 17.3. The molecule has 0 bridgehead atoms. The highest BCUT2D eigenvalue weighted by Crippen LogP contribution is 2.39. The summed E-state index contributed by atoms with van der Waals surface area (Å²) in [7, 11) is 0. The lowest BCUT2D eigenvalue weighted by atomic mass is 9.93. The molecule has 3 fully saturated rings. The minimum atomic E-state index is -1.12. The van der Waals surface area contributed by atoms with Gasteiger partial charge in [-0.25, -0.2) is 14.4 Å². The second kappa shape index (κ2) is 8.61. The highest BCUT2D eigenvalue weighted by molar-refractivity contribution is 6.15. The van der Waals surface area contributed by atoms with Gasteiger partial charge in [0, 0.05) is 25.7 Å². The first-order valence-corrected chi connectivity index (χ1v) is 10.8. The summed E-state index contributed by atoms with van der Waals surface area (Å²) in [4.78, 5) is 36.8. The van der Waals surface area contributed by atoms with Crippen molar-refractivity contribution in [3.05, 3.63) is 47.5 Å². The van der Waals surface area contributed by atoms with Crippen molar-refractivity contribution in [3.8, 4) is 0 Å². The van der Waals surface area contributed by atoms with Gasteiger partial charge in [0.05, 0.1) is 0 Å². The summed E-state index contributed by atoms with van der Waals surface area (Å²) in [5.41, 5.74) is -0.285. The zero-order chi connectivity index (χ0) is 21.9. The van der Waals surface area contributed by atoms with Crippen molar-refractivity contribution < 1.29 is 38.4 Å². The number of ether oxygens (including phenoxy) is 4. The number of aliphatic hydroxyl groups excluding tert-OH is 1. The monoisotopic (exact) mass is 430 g/mol. The van der Waals surface area contributed by atoms with Crippen LogP contribution < -0.4 is 0 Å². The molecular formula is C23H26O8. The standard InChI is InChI=1S/C23H26O8/c24-18-16(19(25)29-22(28-18)12-6-2-7-13-22)10-4-1-5-11-17-20(26)30-23(31-21(17)27)14-8-3-9-15-23/h1,4-5,10-11,24H,2-3,6-9,12-15H2. The minimum Gasteiger partial charge on any atom is -0.480 e. The molecule has 0 radical (unpaired) electrons. The van der Waals surface area contributed by atoms with Crippen LogP contribution in [-0.4, -0.2) is 34.6 Å². The highest BCUT2D eigenvalue weighted by atomic mass is 16.8. The second-order valence-electron chi connectivity index (χ2n) is 8.26. The molecule has 0 unspecified atom stereocenters. The fourth-order valence-electron chi connectivity index (χ4n) is 4.35. The molecule has 2 saturated carbocycles. The third-order valence-corrected chi connectivity index (χ3v) is 5.99. The Morgan fingerprint density at radius 2 is 1.16 bits per heavy atom. The Labute approximate surface area is 180 Å². The van der Waals surface area contributed by atoms with E-state index in [1.807, 2.05) is 0 Å². The molecule has 0 aromatic rings. The van der Waals surface area contributed by atoms with Crippen molar-refractivity contribution in [1.29, 1.82) is 0 Å². The zero-order valence-electron chi connectivity index (χ0n) is 17.3. The predicted octanol–water partition coefficient (Wildman–Crippen LogP) is 3.79. The molecule has 0 aromatic carbocycles. The second-order valence-corrected chi connectivity index (χ2v) is 8.26. The van der Waals surface area contributed by atoms with Crippen molar-refractivity contribution >= 4 is 17.9 Å². The lowest BCUT2D eigenvalue weighted by molar-refractivity contribution is -0.249. The van der Waals surface area contributed by atoms with Gasteiger partial charge in [-0.3, -0.25) is 0 Å². The van der Waals surface area contributed by atoms with Gasteiger partial charge < -0.3 is 24.1 Å². The molecule has 4 aliphatic rings. The molecule has 0 aromatic heterocycles. The number of rotatable bonds is 3. The summed E-state index contributed by atoms with van der Waals surface area (Å²) < 4.78 is 21.8. The van der Waals surface area contributed by atoms with E-state index in [-0.39, 0.29) is 11.1 Å². The molecule has 0 amide bonds. The Hall–Kier alpha value is -3.03. The number of esters is 3. The summed E-state index contributed by atoms with van der Waals surface area (Å²) in [6.07, 6.45) is 14.7. The topological polar surface area (TPSA) is 108 Å². The molecule has 8 nitrogen and oxygen atoms in total. The molecule has 2 aliphatic heterocycles. The Bertz CT molecular complexity index is 857. The van der Waals surface area contributed by atoms with Gasteiger partial charge in [-0.15, -0.1) is 0 Å². The van der Waals surface area contributed by atoms with Gasteiger partial charge in [0.25, 0.3) is 17.5 Å². The molecule has 166 valence electrons. The quantitative estimate of drug-likeness (QED) is 0.312. The molecule has 4 rings (SSSR count). The molecule has 1 N–H and O–H groups in total. The van der Waals surface area contributed by atoms with Gasteiger partial charge in [0.2, 0.25) is 0 Å². The first kappa shape index (κ1) is 21.2. The first-order valence-electron chi connectivity index (χ1n) is 10.8. The van der Waals surface area contributed by atoms with Crippen LogP contribution >= 0.6 is 0 Å². The van der Waals surface area contributed by atoms with E-state index in [4.69, 9.17) is 18.9 Å². The van der Waals surface area contributed by atoms with Gasteiger partial charge in [-0.05, 0) is 37.8 Å². The Morgan fingerprint density at radius 3 is 1.71 bits per heavy atom. The van der Waals surface area contributed by atoms with E-state index in [0.717, 1.165) is 38.5 Å². The van der Waals surface area contributed by atoms with Crippen LogP contribution in [0.1, 0.15) is 64.2 Å². The van der Waals surface area contributed by atoms with E-state index in [2.05, 4.69) is 0 Å². The number of carbonyl (C=O) groups is 3. The van der Waals surface area contributed by atoms with Gasteiger partial charge >= 0.3 is 17.9 Å². The van der Waals surface area contributed by atoms with Crippen LogP contribution in [0.3, 0.4) is 0 Å². The van der Waals surface area contributed by atoms with Crippen LogP contribution in [0.5, 0.6) is 0 Å². The van der Waals surface area contributed by atoms with Gasteiger partial charge in [-0.2, -0.15) is 0 Å². The van der Waals surface area contributed by atoms with E-state index in [0.29, 0.717) is 25.7 Å². The smallest absolute Gasteiger partial charge is 0.348 e. The van der Waals surface area contributed by atoms with Crippen LogP contribution in [0.25, 0.3) is 0 Å². The van der Waals surface area contributed by atoms with E-state index in [1.165, 1.54) is 30.4 Å². The van der Waals surface area contributed by atoms with Crippen molar-refractivity contribution in [2.75, 3.05) is 0 Å². The minimum absolute atomic E-state index is 0.0933. The maximum atomic E-state index is 12.3. The molecular weight excluding hydrogens is 404 g/mol. The summed E-state index contributed by atoms with van der Waals surface area (Å²) in [5, 5.41) is 10.2. The Kier molecular flexibility index (Phi) is 5.89. The molecule has 31 heavy (non-hydrogen) atoms. The lowest BCUT2D eigenvalue weighted by Gasteiger charge is -2.38. The summed E-state index contributed by atoms with van der Waals surface area (Å²) in [6.45, 7) is 0. The van der Waals surface area contributed by atoms with Gasteiger partial charge in [-0.1, -0.05) is 31.1 Å². The van der Waals surface area contributed by atoms with Crippen molar-refractivity contribution in [2.45, 2.75) is 75.8 Å². The third-order valence-electron chi connectivity index (χ3n) is 5.99. The van der Waals surface area contributed by atoms with Crippen molar-refractivity contribution in [1.82, 2.24) is 0 Å². The average molecular weight is 430 g/mol. The normalized spacial score (nSPS) is 25.5. The fourth-order valence-corrected chi connectivity index (χ4v) is 4.35. The van der Waals surface area contributed by atoms with Crippen LogP contribution in [0.15, 0.2) is 47.5 Å². The molecule has 0 atom stereocenters. The first-order chi connectivity index (χ1) is 14.9. The number of carbonyl (C=O) groups excluding carboxylic acids is 3. The summed E-state index contributed by atoms with van der Waals surface area (Å²) in [6, 6.07) is 0. The largest absolute Gasteiger partial charge is 0.480 e.